The molecule has 4 heteroatoms. The van der Waals surface area contributed by atoms with Gasteiger partial charge in [0.25, 0.3) is 0 Å². The largest absolute Gasteiger partial charge is 0.250 e. The Bertz CT molecular complexity index is 472. The summed E-state index contributed by atoms with van der Waals surface area (Å²) in [6.07, 6.45) is 3.19. The van der Waals surface area contributed by atoms with E-state index in [-0.39, 0.29) is 0 Å². The smallest absolute Gasteiger partial charge is 0.156 e. The van der Waals surface area contributed by atoms with E-state index in [2.05, 4.69) is 39.2 Å². The first kappa shape index (κ1) is 10.0. The molecule has 2 aromatic rings. The molecule has 1 atom stereocenters. The van der Waals surface area contributed by atoms with Crippen LogP contribution in [0.1, 0.15) is 29.9 Å². The van der Waals surface area contributed by atoms with Gasteiger partial charge >= 0.3 is 0 Å². The lowest BCUT2D eigenvalue weighted by molar-refractivity contribution is 0.385. The van der Waals surface area contributed by atoms with Gasteiger partial charge in [-0.1, -0.05) is 13.0 Å². The molecule has 0 amide bonds. The highest BCUT2D eigenvalue weighted by atomic mass is 32.1. The third kappa shape index (κ3) is 1.89. The molecule has 0 aromatic carbocycles. The number of fused-ring (bicyclic) bond motifs is 1. The van der Waals surface area contributed by atoms with Gasteiger partial charge in [0, 0.05) is 24.3 Å². The zero-order chi connectivity index (χ0) is 11.0. The minimum absolute atomic E-state index is 0.756. The van der Waals surface area contributed by atoms with Crippen molar-refractivity contribution in [1.29, 1.82) is 0 Å². The van der Waals surface area contributed by atoms with Gasteiger partial charge in [0.1, 0.15) is 5.82 Å². The molecule has 0 N–H and O–H groups in total. The molecule has 16 heavy (non-hydrogen) atoms. The first-order valence-corrected chi connectivity index (χ1v) is 6.64. The standard InChI is InChI=1S/C12H15N3S/c1-9-4-5-15-12(7-9)13-11(14-15)8-10-3-2-6-16-10/h2-3,6,9H,4-5,7-8H2,1H3. The molecule has 0 bridgehead atoms. The van der Waals surface area contributed by atoms with Gasteiger partial charge in [0.05, 0.1) is 0 Å². The van der Waals surface area contributed by atoms with Crippen molar-refractivity contribution in [2.45, 2.75) is 32.7 Å². The summed E-state index contributed by atoms with van der Waals surface area (Å²) in [4.78, 5) is 5.98. The van der Waals surface area contributed by atoms with Crippen molar-refractivity contribution in [2.75, 3.05) is 0 Å². The maximum atomic E-state index is 4.63. The van der Waals surface area contributed by atoms with Crippen LogP contribution >= 0.6 is 11.3 Å². The molecular formula is C12H15N3S. The first-order chi connectivity index (χ1) is 7.81. The van der Waals surface area contributed by atoms with Crippen LogP contribution in [0.25, 0.3) is 0 Å². The Morgan fingerprint density at radius 2 is 2.50 bits per heavy atom. The Kier molecular flexibility index (Phi) is 2.52. The number of hydrogen-bond acceptors (Lipinski definition) is 3. The second kappa shape index (κ2) is 4.01. The number of hydrogen-bond donors (Lipinski definition) is 0. The number of rotatable bonds is 2. The van der Waals surface area contributed by atoms with Crippen LogP contribution in [-0.4, -0.2) is 14.8 Å². The van der Waals surface area contributed by atoms with Gasteiger partial charge in [-0.15, -0.1) is 11.3 Å². The molecule has 3 nitrogen and oxygen atoms in total. The topological polar surface area (TPSA) is 30.7 Å². The Labute approximate surface area is 99.1 Å². The molecule has 0 fully saturated rings. The normalized spacial score (nSPS) is 19.7. The van der Waals surface area contributed by atoms with E-state index >= 15 is 0 Å². The van der Waals surface area contributed by atoms with Crippen LogP contribution in [-0.2, 0) is 19.4 Å². The zero-order valence-corrected chi connectivity index (χ0v) is 10.2. The summed E-state index contributed by atoms with van der Waals surface area (Å²) in [5.41, 5.74) is 0. The number of aromatic nitrogens is 3. The Morgan fingerprint density at radius 1 is 1.56 bits per heavy atom. The van der Waals surface area contributed by atoms with Gasteiger partial charge in [0.15, 0.2) is 5.82 Å². The number of thiophene rings is 1. The average molecular weight is 233 g/mol. The fourth-order valence-corrected chi connectivity index (χ4v) is 2.86. The van der Waals surface area contributed by atoms with Crippen molar-refractivity contribution in [2.24, 2.45) is 5.92 Å². The van der Waals surface area contributed by atoms with Crippen LogP contribution < -0.4 is 0 Å². The van der Waals surface area contributed by atoms with E-state index in [1.807, 2.05) is 0 Å². The molecule has 3 heterocycles. The molecule has 1 aliphatic rings. The quantitative estimate of drug-likeness (QED) is 0.798. The summed E-state index contributed by atoms with van der Waals surface area (Å²) < 4.78 is 2.09. The van der Waals surface area contributed by atoms with Crippen LogP contribution in [0.15, 0.2) is 17.5 Å². The fraction of sp³-hybridized carbons (Fsp3) is 0.500. The predicted octanol–water partition coefficient (Wildman–Crippen LogP) is 2.51. The van der Waals surface area contributed by atoms with Gasteiger partial charge < -0.3 is 0 Å². The van der Waals surface area contributed by atoms with Crippen molar-refractivity contribution in [3.63, 3.8) is 0 Å². The van der Waals surface area contributed by atoms with E-state index in [0.717, 1.165) is 31.1 Å². The van der Waals surface area contributed by atoms with Crippen molar-refractivity contribution >= 4 is 11.3 Å². The summed E-state index contributed by atoms with van der Waals surface area (Å²) in [5.74, 6) is 2.91. The van der Waals surface area contributed by atoms with Crippen molar-refractivity contribution in [3.8, 4) is 0 Å². The lowest BCUT2D eigenvalue weighted by atomic mass is 10.0. The Hall–Kier alpha value is -1.16. The summed E-state index contributed by atoms with van der Waals surface area (Å²) in [5, 5.41) is 6.68. The maximum Gasteiger partial charge on any atom is 0.156 e. The van der Waals surface area contributed by atoms with Crippen LogP contribution in [0.4, 0.5) is 0 Å². The van der Waals surface area contributed by atoms with Crippen LogP contribution in [0.3, 0.4) is 0 Å². The van der Waals surface area contributed by atoms with Crippen molar-refractivity contribution < 1.29 is 0 Å². The van der Waals surface area contributed by atoms with Crippen molar-refractivity contribution in [3.05, 3.63) is 34.0 Å². The Balaban J connectivity index is 1.82. The third-order valence-corrected chi connectivity index (χ3v) is 3.95. The first-order valence-electron chi connectivity index (χ1n) is 5.76. The van der Waals surface area contributed by atoms with E-state index < -0.39 is 0 Å². The second-order valence-electron chi connectivity index (χ2n) is 4.52. The molecule has 1 unspecified atom stereocenters. The monoisotopic (exact) mass is 233 g/mol. The second-order valence-corrected chi connectivity index (χ2v) is 5.55. The zero-order valence-electron chi connectivity index (χ0n) is 9.39. The van der Waals surface area contributed by atoms with E-state index in [4.69, 9.17) is 0 Å². The summed E-state index contributed by atoms with van der Waals surface area (Å²) in [7, 11) is 0. The van der Waals surface area contributed by atoms with Crippen LogP contribution in [0, 0.1) is 5.92 Å². The van der Waals surface area contributed by atoms with E-state index in [1.165, 1.54) is 17.1 Å². The number of aryl methyl sites for hydroxylation is 1. The summed E-state index contributed by atoms with van der Waals surface area (Å²) in [6.45, 7) is 3.32. The minimum Gasteiger partial charge on any atom is -0.250 e. The lowest BCUT2D eigenvalue weighted by Crippen LogP contribution is -2.18. The molecule has 0 aliphatic carbocycles. The third-order valence-electron chi connectivity index (χ3n) is 3.07. The lowest BCUT2D eigenvalue weighted by Gasteiger charge is -2.17. The fourth-order valence-electron chi connectivity index (χ4n) is 2.16. The SMILES string of the molecule is CC1CCn2nc(Cc3cccs3)nc2C1. The average Bonchev–Trinajstić information content (AvgIpc) is 2.86. The van der Waals surface area contributed by atoms with Crippen LogP contribution in [0.5, 0.6) is 0 Å². The molecule has 2 aromatic heterocycles. The molecule has 0 radical (unpaired) electrons. The minimum atomic E-state index is 0.756. The van der Waals surface area contributed by atoms with Gasteiger partial charge in [0.2, 0.25) is 0 Å². The predicted molar refractivity (Wildman–Crippen MR) is 64.6 cm³/mol. The highest BCUT2D eigenvalue weighted by molar-refractivity contribution is 7.09. The van der Waals surface area contributed by atoms with Gasteiger partial charge in [-0.3, -0.25) is 0 Å². The summed E-state index contributed by atoms with van der Waals surface area (Å²) >= 11 is 1.77. The molecule has 1 aliphatic heterocycles. The van der Waals surface area contributed by atoms with Gasteiger partial charge in [-0.05, 0) is 23.8 Å². The van der Waals surface area contributed by atoms with Crippen molar-refractivity contribution in [1.82, 2.24) is 14.8 Å². The van der Waals surface area contributed by atoms with E-state index in [0.29, 0.717) is 0 Å². The molecular weight excluding hydrogens is 218 g/mol. The molecule has 0 saturated carbocycles. The van der Waals surface area contributed by atoms with Gasteiger partial charge in [-0.25, -0.2) is 9.67 Å². The molecule has 0 saturated heterocycles. The van der Waals surface area contributed by atoms with E-state index in [9.17, 15) is 0 Å². The molecule has 0 spiro atoms. The molecule has 3 rings (SSSR count). The van der Waals surface area contributed by atoms with E-state index in [1.54, 1.807) is 11.3 Å². The highest BCUT2D eigenvalue weighted by Crippen LogP contribution is 2.19. The van der Waals surface area contributed by atoms with Gasteiger partial charge in [-0.2, -0.15) is 5.10 Å². The summed E-state index contributed by atoms with van der Waals surface area (Å²) in [6, 6.07) is 4.23. The van der Waals surface area contributed by atoms with Crippen LogP contribution in [0.2, 0.25) is 0 Å². The molecule has 84 valence electrons. The Morgan fingerprint density at radius 3 is 3.31 bits per heavy atom. The number of nitrogens with zero attached hydrogens (tertiary/aromatic N) is 3. The highest BCUT2D eigenvalue weighted by Gasteiger charge is 2.18. The maximum absolute atomic E-state index is 4.63.